The minimum Gasteiger partial charge on any atom is -0.467 e. The lowest BCUT2D eigenvalue weighted by atomic mass is 9.96. The molecule has 9 amide bonds. The summed E-state index contributed by atoms with van der Waals surface area (Å²) in [6, 6.07) is 21.8. The minimum absolute atomic E-state index is 0.163. The summed E-state index contributed by atoms with van der Waals surface area (Å²) in [4.78, 5) is 124. The average Bonchev–Trinajstić information content (AvgIpc) is 1.68. The summed E-state index contributed by atoms with van der Waals surface area (Å²) in [7, 11) is 16.8. The van der Waals surface area contributed by atoms with Gasteiger partial charge in [-0.05, 0) is 150 Å². The number of hydrogen-bond acceptors (Lipinski definition) is 11. The highest BCUT2D eigenvalue weighted by Crippen LogP contribution is 2.45. The molecule has 2 aliphatic rings. The van der Waals surface area contributed by atoms with Crippen LogP contribution in [0.5, 0.6) is 0 Å². The Balaban J connectivity index is -0.000000248. The average molecular weight is 1780 g/mol. The second-order valence-corrected chi connectivity index (χ2v) is 39.4. The highest BCUT2D eigenvalue weighted by Gasteiger charge is 2.39. The van der Waals surface area contributed by atoms with Crippen LogP contribution in [-0.4, -0.2) is 198 Å². The first-order valence-electron chi connectivity index (χ1n) is 47.5. The van der Waals surface area contributed by atoms with E-state index < -0.39 is 0 Å². The van der Waals surface area contributed by atoms with Crippen LogP contribution < -0.4 is 0 Å². The van der Waals surface area contributed by atoms with Crippen molar-refractivity contribution in [3.05, 3.63) is 106 Å². The third-order valence-corrected chi connectivity index (χ3v) is 19.0. The summed E-state index contributed by atoms with van der Waals surface area (Å²) >= 11 is 1.69. The van der Waals surface area contributed by atoms with Crippen molar-refractivity contribution in [2.75, 3.05) is 96.2 Å². The molecule has 0 atom stereocenters. The van der Waals surface area contributed by atoms with Crippen LogP contribution in [0.2, 0.25) is 0 Å². The summed E-state index contributed by atoms with van der Waals surface area (Å²) in [6.45, 7) is 75.2. The smallest absolute Gasteiger partial charge is 0.222 e. The van der Waals surface area contributed by atoms with Crippen molar-refractivity contribution in [3.8, 4) is 0 Å². The molecule has 4 aromatic rings. The standard InChI is InChI=1S/C13H19NO.C11H18N2O.C11H17NO2.C11H17NOS.C11H21NO.C11H23NO.C10H19NO.C10H21NO.C8H17NO.4C2H6/c1-11(2)9-13(15)14(3)10-12-7-5-4-6-8-12;1-9(2)7-11(14)13(3)8-10-5-4-6-12-10;2*1-9(2)7-11(13)12(3)8-10-5-4-6-14-10;1-9(2)7-10(13)12(4)8-11(3)5-6-11;1-9(2)7-10(13)12(6)8-11(3,4)5;1-8(2)6-10(12)11(3)7-9-4-5-9;1-8(2)6-10(12)11(5)7-9(3)4;1-5-9(4)8(10)6-7(2)3;4*1-2/h4-8,11H,9-10H2,1-3H3;4-6,9,12H,7-8H2,1-3H3;2*4-6,9H,7-8H2,1-3H3;9H,5-8H2,1-4H3;9H,7-8H2,1-6H3;8-9H,4-7H2,1-3H3;8-9H,6-7H2,1-5H3;7H,5-6H2,1-4H3;4*1-2H3. The number of carbonyl (C=O) groups excluding carboxylic acids is 9. The number of nitrogens with zero attached hydrogens (tertiary/aromatic N) is 9. The number of aromatic amines is 1. The van der Waals surface area contributed by atoms with Crippen LogP contribution in [0.15, 0.2) is 89.0 Å². The van der Waals surface area contributed by atoms with Crippen molar-refractivity contribution in [1.82, 2.24) is 49.1 Å². The Morgan fingerprint density at radius 2 is 0.736 bits per heavy atom. The lowest BCUT2D eigenvalue weighted by Gasteiger charge is -2.27. The topological polar surface area (TPSA) is 212 Å². The Labute approximate surface area is 773 Å². The Bertz CT molecular complexity index is 3060. The van der Waals surface area contributed by atoms with Gasteiger partial charge in [0.15, 0.2) is 0 Å². The quantitative estimate of drug-likeness (QED) is 0.0467. The first-order chi connectivity index (χ1) is 58.1. The summed E-state index contributed by atoms with van der Waals surface area (Å²) in [6.07, 6.45) is 14.6. The fraction of sp³-hybridized carbons (Fsp3) is 0.740. The zero-order chi connectivity index (χ0) is 98.6. The minimum atomic E-state index is 0.163. The summed E-state index contributed by atoms with van der Waals surface area (Å²) in [5, 5.41) is 2.04. The van der Waals surface area contributed by atoms with Gasteiger partial charge in [0.1, 0.15) is 5.76 Å². The molecule has 0 spiro atoms. The van der Waals surface area contributed by atoms with Gasteiger partial charge >= 0.3 is 0 Å². The first-order valence-corrected chi connectivity index (χ1v) is 48.4. The van der Waals surface area contributed by atoms with Gasteiger partial charge in [-0.15, -0.1) is 11.3 Å². The van der Waals surface area contributed by atoms with E-state index in [1.54, 1.807) is 49.1 Å². The maximum absolute atomic E-state index is 11.7. The molecule has 2 fully saturated rings. The van der Waals surface area contributed by atoms with Gasteiger partial charge in [-0.3, -0.25) is 43.2 Å². The van der Waals surface area contributed by atoms with Crippen molar-refractivity contribution in [3.63, 3.8) is 0 Å². The molecule has 125 heavy (non-hydrogen) atoms. The number of hydrogen-bond donors (Lipinski definition) is 1. The van der Waals surface area contributed by atoms with Gasteiger partial charge < -0.3 is 53.5 Å². The summed E-state index contributed by atoms with van der Waals surface area (Å²) in [5.74, 6) is 8.42. The number of aromatic nitrogens is 1. The first kappa shape index (κ1) is 131. The fourth-order valence-corrected chi connectivity index (χ4v) is 12.0. The molecule has 0 aliphatic heterocycles. The molecule has 0 radical (unpaired) electrons. The number of amides is 9. The molecule has 20 nitrogen and oxygen atoms in total. The van der Waals surface area contributed by atoms with Crippen LogP contribution in [0.1, 0.15) is 334 Å². The molecule has 0 bridgehead atoms. The van der Waals surface area contributed by atoms with Crippen LogP contribution in [-0.2, 0) is 69.3 Å². The SMILES string of the molecule is CC.CC.CC.CC.CC(C)CC(=O)N(C)CC(C)(C)C.CC(C)CC(=O)N(C)CC(C)C.CC(C)CC(=O)N(C)CC1(C)CC1.CC(C)CC(=O)N(C)CC1CC1.CC(C)CC(=O)N(C)Cc1ccc[nH]1.CC(C)CC(=O)N(C)Cc1ccccc1.CC(C)CC(=O)N(C)Cc1ccco1.CC(C)CC(=O)N(C)Cc1cccs1.CCN(C)C(=O)CC(C)C. The Hall–Kier alpha value is -7.29. The van der Waals surface area contributed by atoms with E-state index in [1.807, 2.05) is 224 Å². The monoisotopic (exact) mass is 1780 g/mol. The maximum Gasteiger partial charge on any atom is 0.222 e. The highest BCUT2D eigenvalue weighted by atomic mass is 32.1. The molecule has 1 N–H and O–H groups in total. The van der Waals surface area contributed by atoms with E-state index >= 15 is 0 Å². The van der Waals surface area contributed by atoms with E-state index in [0.717, 1.165) is 56.6 Å². The number of rotatable bonds is 34. The second kappa shape index (κ2) is 76.7. The van der Waals surface area contributed by atoms with Crippen molar-refractivity contribution in [2.45, 2.75) is 338 Å². The van der Waals surface area contributed by atoms with Crippen molar-refractivity contribution in [1.29, 1.82) is 0 Å². The van der Waals surface area contributed by atoms with Crippen LogP contribution in [0.3, 0.4) is 0 Å². The molecular formula is C104H196N10O10S. The third-order valence-electron chi connectivity index (χ3n) is 18.1. The van der Waals surface area contributed by atoms with Gasteiger partial charge in [-0.1, -0.05) is 258 Å². The maximum atomic E-state index is 11.7. The molecule has 1 aromatic carbocycles. The number of nitrogens with one attached hydrogen (secondary N) is 1. The zero-order valence-corrected chi connectivity index (χ0v) is 89.3. The Morgan fingerprint density at radius 3 is 1.05 bits per heavy atom. The van der Waals surface area contributed by atoms with E-state index in [9.17, 15) is 43.2 Å². The molecule has 0 unspecified atom stereocenters. The lowest BCUT2D eigenvalue weighted by molar-refractivity contribution is -0.132. The Kier molecular flexibility index (Phi) is 80.3. The number of carbonyl (C=O) groups is 9. The van der Waals surface area contributed by atoms with Crippen molar-refractivity contribution < 1.29 is 47.6 Å². The van der Waals surface area contributed by atoms with Gasteiger partial charge in [0.05, 0.1) is 25.9 Å². The van der Waals surface area contributed by atoms with Gasteiger partial charge in [-0.25, -0.2) is 0 Å². The van der Waals surface area contributed by atoms with E-state index in [1.165, 1.54) is 36.1 Å². The molecule has 21 heteroatoms. The summed E-state index contributed by atoms with van der Waals surface area (Å²) in [5.41, 5.74) is 2.89. The molecule has 0 saturated heterocycles. The summed E-state index contributed by atoms with van der Waals surface area (Å²) < 4.78 is 5.17. The molecule has 6 rings (SSSR count). The van der Waals surface area contributed by atoms with E-state index in [4.69, 9.17) is 4.42 Å². The predicted molar refractivity (Wildman–Crippen MR) is 535 cm³/mol. The number of thiophene rings is 1. The number of H-pyrrole nitrogens is 1. The molecule has 728 valence electrons. The number of benzene rings is 1. The van der Waals surface area contributed by atoms with Gasteiger partial charge in [-0.2, -0.15) is 0 Å². The predicted octanol–water partition coefficient (Wildman–Crippen LogP) is 24.2. The molecule has 3 aromatic heterocycles. The second-order valence-electron chi connectivity index (χ2n) is 38.4. The Morgan fingerprint density at radius 1 is 0.392 bits per heavy atom. The zero-order valence-electron chi connectivity index (χ0n) is 88.5. The molecular weight excluding hydrogens is 1580 g/mol. The fourth-order valence-electron chi connectivity index (χ4n) is 11.2. The third kappa shape index (κ3) is 81.0. The van der Waals surface area contributed by atoms with Gasteiger partial charge in [0.25, 0.3) is 0 Å². The number of furan rings is 1. The highest BCUT2D eigenvalue weighted by molar-refractivity contribution is 7.09. The lowest BCUT2D eigenvalue weighted by Crippen LogP contribution is -2.34. The largest absolute Gasteiger partial charge is 0.467 e. The molecule has 2 saturated carbocycles. The van der Waals surface area contributed by atoms with Gasteiger partial charge in [0, 0.05) is 177 Å². The van der Waals surface area contributed by atoms with E-state index in [0.29, 0.717) is 154 Å². The van der Waals surface area contributed by atoms with Crippen LogP contribution in [0.25, 0.3) is 0 Å². The van der Waals surface area contributed by atoms with Gasteiger partial charge in [0.2, 0.25) is 53.2 Å². The molecule has 2 aliphatic carbocycles. The van der Waals surface area contributed by atoms with Crippen LogP contribution in [0, 0.1) is 75.9 Å². The van der Waals surface area contributed by atoms with Crippen LogP contribution in [0.4, 0.5) is 0 Å². The molecule has 3 heterocycles. The van der Waals surface area contributed by atoms with E-state index in [2.05, 4.69) is 163 Å². The van der Waals surface area contributed by atoms with Crippen molar-refractivity contribution >= 4 is 64.5 Å². The van der Waals surface area contributed by atoms with E-state index in [-0.39, 0.29) is 46.8 Å². The normalized spacial score (nSPS) is 11.6. The van der Waals surface area contributed by atoms with Crippen LogP contribution >= 0.6 is 11.3 Å². The van der Waals surface area contributed by atoms with Crippen molar-refractivity contribution in [2.24, 2.45) is 75.9 Å².